The van der Waals surface area contributed by atoms with Crippen molar-refractivity contribution in [3.05, 3.63) is 64.7 Å². The van der Waals surface area contributed by atoms with Gasteiger partial charge in [-0.3, -0.25) is 9.69 Å². The first-order valence-electron chi connectivity index (χ1n) is 9.29. The average molecular weight is 401 g/mol. The van der Waals surface area contributed by atoms with Gasteiger partial charge in [0.1, 0.15) is 0 Å². The summed E-state index contributed by atoms with van der Waals surface area (Å²) >= 11 is 5.86. The van der Waals surface area contributed by atoms with Crippen molar-refractivity contribution in [2.75, 3.05) is 32.0 Å². The van der Waals surface area contributed by atoms with Crippen LogP contribution in [0.25, 0.3) is 0 Å². The van der Waals surface area contributed by atoms with Crippen molar-refractivity contribution < 1.29 is 9.59 Å². The number of hydrogen-bond donors (Lipinski definition) is 2. The normalized spacial score (nSPS) is 16.0. The van der Waals surface area contributed by atoms with Crippen molar-refractivity contribution in [2.24, 2.45) is 0 Å². The summed E-state index contributed by atoms with van der Waals surface area (Å²) in [6.07, 6.45) is 0. The molecule has 6 nitrogen and oxygen atoms in total. The zero-order valence-corrected chi connectivity index (χ0v) is 16.9. The predicted molar refractivity (Wildman–Crippen MR) is 111 cm³/mol. The SMILES string of the molecule is C[C@H](c1ccc(NC(=O)NCc2ccc(Cl)cc2)cc1)N1CCN(C)CC1=O. The van der Waals surface area contributed by atoms with E-state index in [1.165, 1.54) is 0 Å². The van der Waals surface area contributed by atoms with Gasteiger partial charge in [-0.2, -0.15) is 0 Å². The van der Waals surface area contributed by atoms with Crippen molar-refractivity contribution in [3.63, 3.8) is 0 Å². The molecule has 2 aromatic rings. The number of nitrogens with zero attached hydrogens (tertiary/aromatic N) is 2. The first-order valence-corrected chi connectivity index (χ1v) is 9.67. The number of hydrogen-bond acceptors (Lipinski definition) is 3. The number of nitrogens with one attached hydrogen (secondary N) is 2. The third-order valence-corrected chi connectivity index (χ3v) is 5.18. The fraction of sp³-hybridized carbons (Fsp3) is 0.333. The van der Waals surface area contributed by atoms with Crippen LogP contribution < -0.4 is 10.6 Å². The number of benzene rings is 2. The van der Waals surface area contributed by atoms with Gasteiger partial charge < -0.3 is 15.5 Å². The number of halogens is 1. The van der Waals surface area contributed by atoms with Crippen LogP contribution in [0.1, 0.15) is 24.1 Å². The molecule has 3 amide bonds. The summed E-state index contributed by atoms with van der Waals surface area (Å²) in [4.78, 5) is 28.3. The Hall–Kier alpha value is -2.57. The number of anilines is 1. The molecule has 0 bridgehead atoms. The molecule has 0 unspecified atom stereocenters. The quantitative estimate of drug-likeness (QED) is 0.807. The highest BCUT2D eigenvalue weighted by Gasteiger charge is 2.26. The minimum Gasteiger partial charge on any atom is -0.334 e. The Balaban J connectivity index is 1.52. The molecule has 0 aliphatic carbocycles. The van der Waals surface area contributed by atoms with E-state index in [9.17, 15) is 9.59 Å². The molecule has 1 atom stereocenters. The van der Waals surface area contributed by atoms with Crippen molar-refractivity contribution in [2.45, 2.75) is 19.5 Å². The van der Waals surface area contributed by atoms with E-state index in [4.69, 9.17) is 11.6 Å². The molecule has 7 heteroatoms. The van der Waals surface area contributed by atoms with Crippen molar-refractivity contribution in [1.82, 2.24) is 15.1 Å². The van der Waals surface area contributed by atoms with Crippen LogP contribution in [0.5, 0.6) is 0 Å². The lowest BCUT2D eigenvalue weighted by molar-refractivity contribution is -0.137. The summed E-state index contributed by atoms with van der Waals surface area (Å²) in [6.45, 7) is 4.51. The first-order chi connectivity index (χ1) is 13.4. The Morgan fingerprint density at radius 3 is 2.43 bits per heavy atom. The van der Waals surface area contributed by atoms with E-state index >= 15 is 0 Å². The molecular formula is C21H25ClN4O2. The second-order valence-corrected chi connectivity index (χ2v) is 7.49. The van der Waals surface area contributed by atoms with E-state index in [2.05, 4.69) is 10.6 Å². The third-order valence-electron chi connectivity index (χ3n) is 4.93. The standard InChI is InChI=1S/C21H25ClN4O2/c1-15(26-12-11-25(2)14-20(26)27)17-5-9-19(10-6-17)24-21(28)23-13-16-3-7-18(22)8-4-16/h3-10,15H,11-14H2,1-2H3,(H2,23,24,28)/t15-/m1/s1. The first kappa shape index (κ1) is 20.2. The van der Waals surface area contributed by atoms with Crippen LogP contribution >= 0.6 is 11.6 Å². The molecule has 1 aliphatic heterocycles. The van der Waals surface area contributed by atoms with Crippen LogP contribution in [0.15, 0.2) is 48.5 Å². The molecular weight excluding hydrogens is 376 g/mol. The molecule has 28 heavy (non-hydrogen) atoms. The van der Waals surface area contributed by atoms with Crippen molar-refractivity contribution >= 4 is 29.2 Å². The number of carbonyl (C=O) groups excluding carboxylic acids is 2. The predicted octanol–water partition coefficient (Wildman–Crippen LogP) is 3.50. The molecule has 0 spiro atoms. The Bertz CT molecular complexity index is 823. The average Bonchev–Trinajstić information content (AvgIpc) is 2.68. The highest BCUT2D eigenvalue weighted by molar-refractivity contribution is 6.30. The van der Waals surface area contributed by atoms with Gasteiger partial charge in [-0.25, -0.2) is 4.79 Å². The maximum absolute atomic E-state index is 12.3. The monoisotopic (exact) mass is 400 g/mol. The van der Waals surface area contributed by atoms with Gasteiger partial charge in [0.2, 0.25) is 5.91 Å². The summed E-state index contributed by atoms with van der Waals surface area (Å²) in [7, 11) is 1.96. The molecule has 2 aromatic carbocycles. The van der Waals surface area contributed by atoms with E-state index in [0.29, 0.717) is 23.8 Å². The number of amides is 3. The number of urea groups is 1. The van der Waals surface area contributed by atoms with E-state index in [-0.39, 0.29) is 18.0 Å². The van der Waals surface area contributed by atoms with Crippen LogP contribution in [0.3, 0.4) is 0 Å². The molecule has 1 aliphatic rings. The van der Waals surface area contributed by atoms with E-state index in [1.807, 2.05) is 60.2 Å². The Labute approximate surface area is 170 Å². The van der Waals surface area contributed by atoms with Gasteiger partial charge in [0.25, 0.3) is 0 Å². The summed E-state index contributed by atoms with van der Waals surface area (Å²) in [5.41, 5.74) is 2.72. The Kier molecular flexibility index (Phi) is 6.54. The highest BCUT2D eigenvalue weighted by atomic mass is 35.5. The highest BCUT2D eigenvalue weighted by Crippen LogP contribution is 2.23. The lowest BCUT2D eigenvalue weighted by atomic mass is 10.1. The Morgan fingerprint density at radius 2 is 1.79 bits per heavy atom. The van der Waals surface area contributed by atoms with Gasteiger partial charge in [-0.05, 0) is 49.4 Å². The van der Waals surface area contributed by atoms with Crippen LogP contribution in [-0.4, -0.2) is 48.4 Å². The second-order valence-electron chi connectivity index (χ2n) is 7.06. The molecule has 148 valence electrons. The number of carbonyl (C=O) groups is 2. The zero-order valence-electron chi connectivity index (χ0n) is 16.1. The molecule has 2 N–H and O–H groups in total. The fourth-order valence-electron chi connectivity index (χ4n) is 3.20. The molecule has 0 aromatic heterocycles. The van der Waals surface area contributed by atoms with Gasteiger partial charge in [-0.1, -0.05) is 35.9 Å². The van der Waals surface area contributed by atoms with Crippen LogP contribution in [0, 0.1) is 0 Å². The summed E-state index contributed by atoms with van der Waals surface area (Å²) in [6, 6.07) is 14.7. The number of likely N-dealkylation sites (N-methyl/N-ethyl adjacent to an activating group) is 1. The maximum Gasteiger partial charge on any atom is 0.319 e. The topological polar surface area (TPSA) is 64.7 Å². The second kappa shape index (κ2) is 9.08. The van der Waals surface area contributed by atoms with E-state index in [1.54, 1.807) is 12.1 Å². The van der Waals surface area contributed by atoms with Gasteiger partial charge in [0.15, 0.2) is 0 Å². The fourth-order valence-corrected chi connectivity index (χ4v) is 3.32. The minimum absolute atomic E-state index is 0.00832. The summed E-state index contributed by atoms with van der Waals surface area (Å²) in [5.74, 6) is 0.144. The maximum atomic E-state index is 12.3. The van der Waals surface area contributed by atoms with Gasteiger partial charge in [-0.15, -0.1) is 0 Å². The number of piperazine rings is 1. The molecule has 0 radical (unpaired) electrons. The van der Waals surface area contributed by atoms with Crippen molar-refractivity contribution in [3.8, 4) is 0 Å². The molecule has 1 heterocycles. The van der Waals surface area contributed by atoms with E-state index < -0.39 is 0 Å². The largest absolute Gasteiger partial charge is 0.334 e. The van der Waals surface area contributed by atoms with Crippen LogP contribution in [-0.2, 0) is 11.3 Å². The van der Waals surface area contributed by atoms with Gasteiger partial charge in [0, 0.05) is 30.3 Å². The molecule has 0 saturated carbocycles. The van der Waals surface area contributed by atoms with Crippen molar-refractivity contribution in [1.29, 1.82) is 0 Å². The van der Waals surface area contributed by atoms with Crippen LogP contribution in [0.4, 0.5) is 10.5 Å². The molecule has 1 fully saturated rings. The number of rotatable bonds is 5. The van der Waals surface area contributed by atoms with E-state index in [0.717, 1.165) is 24.2 Å². The third kappa shape index (κ3) is 5.24. The van der Waals surface area contributed by atoms with Gasteiger partial charge in [0.05, 0.1) is 12.6 Å². The lowest BCUT2D eigenvalue weighted by Gasteiger charge is -2.36. The minimum atomic E-state index is -0.273. The smallest absolute Gasteiger partial charge is 0.319 e. The lowest BCUT2D eigenvalue weighted by Crippen LogP contribution is -2.49. The Morgan fingerprint density at radius 1 is 1.11 bits per heavy atom. The summed E-state index contributed by atoms with van der Waals surface area (Å²) in [5, 5.41) is 6.30. The molecule has 3 rings (SSSR count). The van der Waals surface area contributed by atoms with Gasteiger partial charge >= 0.3 is 6.03 Å². The zero-order chi connectivity index (χ0) is 20.1. The van der Waals surface area contributed by atoms with Crippen LogP contribution in [0.2, 0.25) is 5.02 Å². The summed E-state index contributed by atoms with van der Waals surface area (Å²) < 4.78 is 0. The molecule has 1 saturated heterocycles.